The highest BCUT2D eigenvalue weighted by Gasteiger charge is 2.21. The summed E-state index contributed by atoms with van der Waals surface area (Å²) in [7, 11) is 0. The van der Waals surface area contributed by atoms with Gasteiger partial charge in [0.25, 0.3) is 0 Å². The third-order valence-corrected chi connectivity index (χ3v) is 6.82. The predicted octanol–water partition coefficient (Wildman–Crippen LogP) is 9.34. The van der Waals surface area contributed by atoms with Crippen LogP contribution in [0.3, 0.4) is 0 Å². The average molecular weight is 446 g/mol. The van der Waals surface area contributed by atoms with Gasteiger partial charge in [-0.25, -0.2) is 0 Å². The SMILES string of the molecule is Clc1cc(-c2ccccc2)cc(N(c2ccccc2)c2csc3ccccc23)c1Cl. The molecule has 0 atom stereocenters. The summed E-state index contributed by atoms with van der Waals surface area (Å²) < 4.78 is 1.23. The van der Waals surface area contributed by atoms with E-state index in [0.29, 0.717) is 10.0 Å². The molecule has 1 heterocycles. The molecule has 0 saturated carbocycles. The second kappa shape index (κ2) is 8.16. The minimum atomic E-state index is 0.536. The van der Waals surface area contributed by atoms with Crippen molar-refractivity contribution < 1.29 is 0 Å². The molecule has 30 heavy (non-hydrogen) atoms. The quantitative estimate of drug-likeness (QED) is 0.266. The van der Waals surface area contributed by atoms with Crippen molar-refractivity contribution in [3.05, 3.63) is 112 Å². The van der Waals surface area contributed by atoms with Crippen LogP contribution in [0.2, 0.25) is 10.0 Å². The Labute approximate surface area is 189 Å². The number of benzene rings is 4. The Morgan fingerprint density at radius 3 is 2.07 bits per heavy atom. The summed E-state index contributed by atoms with van der Waals surface area (Å²) in [5.74, 6) is 0. The van der Waals surface area contributed by atoms with Crippen LogP contribution in [0, 0.1) is 0 Å². The molecular formula is C26H17Cl2NS. The van der Waals surface area contributed by atoms with Gasteiger partial charge in [0.1, 0.15) is 0 Å². The zero-order chi connectivity index (χ0) is 20.5. The van der Waals surface area contributed by atoms with Crippen molar-refractivity contribution in [1.82, 2.24) is 0 Å². The maximum absolute atomic E-state index is 6.80. The maximum Gasteiger partial charge on any atom is 0.0833 e. The summed E-state index contributed by atoms with van der Waals surface area (Å²) in [6, 6.07) is 32.9. The van der Waals surface area contributed by atoms with Gasteiger partial charge >= 0.3 is 0 Å². The highest BCUT2D eigenvalue weighted by Crippen LogP contribution is 2.47. The van der Waals surface area contributed by atoms with Crippen LogP contribution in [0.4, 0.5) is 17.1 Å². The highest BCUT2D eigenvalue weighted by molar-refractivity contribution is 7.17. The topological polar surface area (TPSA) is 3.24 Å². The van der Waals surface area contributed by atoms with Gasteiger partial charge in [-0.05, 0) is 41.5 Å². The van der Waals surface area contributed by atoms with Gasteiger partial charge in [-0.2, -0.15) is 0 Å². The van der Waals surface area contributed by atoms with Crippen molar-refractivity contribution in [2.45, 2.75) is 0 Å². The number of thiophene rings is 1. The van der Waals surface area contributed by atoms with Crippen molar-refractivity contribution >= 4 is 61.7 Å². The van der Waals surface area contributed by atoms with E-state index in [9.17, 15) is 0 Å². The monoisotopic (exact) mass is 445 g/mol. The van der Waals surface area contributed by atoms with E-state index in [1.54, 1.807) is 11.3 Å². The first-order valence-corrected chi connectivity index (χ1v) is 11.2. The summed E-state index contributed by atoms with van der Waals surface area (Å²) in [5.41, 5.74) is 5.10. The Morgan fingerprint density at radius 2 is 1.30 bits per heavy atom. The molecule has 0 fully saturated rings. The second-order valence-electron chi connectivity index (χ2n) is 6.95. The number of para-hydroxylation sites is 1. The molecule has 5 rings (SSSR count). The van der Waals surface area contributed by atoms with Crippen LogP contribution in [0.5, 0.6) is 0 Å². The largest absolute Gasteiger partial charge is 0.307 e. The van der Waals surface area contributed by atoms with E-state index in [0.717, 1.165) is 28.2 Å². The molecular weight excluding hydrogens is 429 g/mol. The fourth-order valence-electron chi connectivity index (χ4n) is 3.66. The molecule has 1 aromatic heterocycles. The molecule has 0 saturated heterocycles. The molecule has 0 unspecified atom stereocenters. The molecule has 0 radical (unpaired) electrons. The van der Waals surface area contributed by atoms with E-state index in [-0.39, 0.29) is 0 Å². The van der Waals surface area contributed by atoms with Gasteiger partial charge in [0, 0.05) is 21.2 Å². The Kier molecular flexibility index (Phi) is 5.22. The van der Waals surface area contributed by atoms with Gasteiger partial charge < -0.3 is 4.90 Å². The Morgan fingerprint density at radius 1 is 0.633 bits per heavy atom. The van der Waals surface area contributed by atoms with E-state index in [1.165, 1.54) is 10.1 Å². The van der Waals surface area contributed by atoms with E-state index >= 15 is 0 Å². The number of hydrogen-bond acceptors (Lipinski definition) is 2. The first-order chi connectivity index (χ1) is 14.7. The van der Waals surface area contributed by atoms with Crippen molar-refractivity contribution in [3.63, 3.8) is 0 Å². The van der Waals surface area contributed by atoms with E-state index in [2.05, 4.69) is 64.9 Å². The van der Waals surface area contributed by atoms with Gasteiger partial charge in [-0.15, -0.1) is 11.3 Å². The third kappa shape index (κ3) is 3.48. The zero-order valence-corrected chi connectivity index (χ0v) is 18.3. The summed E-state index contributed by atoms with van der Waals surface area (Å²) in [5, 5.41) is 4.43. The maximum atomic E-state index is 6.80. The molecule has 0 aliphatic heterocycles. The standard InChI is InChI=1S/C26H17Cl2NS/c27-22-15-19(18-9-3-1-4-10-18)16-23(26(22)28)29(20-11-5-2-6-12-20)24-17-30-25-14-8-7-13-21(24)25/h1-17H. The molecule has 4 heteroatoms. The lowest BCUT2D eigenvalue weighted by atomic mass is 10.0. The lowest BCUT2D eigenvalue weighted by molar-refractivity contribution is 1.31. The van der Waals surface area contributed by atoms with Gasteiger partial charge in [0.2, 0.25) is 0 Å². The minimum Gasteiger partial charge on any atom is -0.307 e. The van der Waals surface area contributed by atoms with Gasteiger partial charge in [-0.1, -0.05) is 89.9 Å². The fraction of sp³-hybridized carbons (Fsp3) is 0. The number of fused-ring (bicyclic) bond motifs is 1. The van der Waals surface area contributed by atoms with Gasteiger partial charge in [0.05, 0.1) is 21.4 Å². The second-order valence-corrected chi connectivity index (χ2v) is 8.64. The van der Waals surface area contributed by atoms with Crippen molar-refractivity contribution in [2.24, 2.45) is 0 Å². The van der Waals surface area contributed by atoms with Gasteiger partial charge in [-0.3, -0.25) is 0 Å². The molecule has 146 valence electrons. The van der Waals surface area contributed by atoms with Crippen LogP contribution in [0.15, 0.2) is 102 Å². The van der Waals surface area contributed by atoms with Crippen LogP contribution in [0.25, 0.3) is 21.2 Å². The molecule has 4 aromatic carbocycles. The van der Waals surface area contributed by atoms with Gasteiger partial charge in [0.15, 0.2) is 0 Å². The molecule has 0 bridgehead atoms. The molecule has 0 aliphatic carbocycles. The third-order valence-electron chi connectivity index (χ3n) is 5.07. The van der Waals surface area contributed by atoms with Crippen LogP contribution < -0.4 is 4.90 Å². The number of nitrogens with zero attached hydrogens (tertiary/aromatic N) is 1. The average Bonchev–Trinajstić information content (AvgIpc) is 3.22. The lowest BCUT2D eigenvalue weighted by Crippen LogP contribution is -2.10. The van der Waals surface area contributed by atoms with E-state index < -0.39 is 0 Å². The van der Waals surface area contributed by atoms with Crippen LogP contribution >= 0.6 is 34.5 Å². The zero-order valence-electron chi connectivity index (χ0n) is 15.9. The molecule has 1 nitrogen and oxygen atoms in total. The molecule has 0 aliphatic rings. The predicted molar refractivity (Wildman–Crippen MR) is 132 cm³/mol. The van der Waals surface area contributed by atoms with E-state index in [1.807, 2.05) is 42.5 Å². The first kappa shape index (κ1) is 19.2. The van der Waals surface area contributed by atoms with Crippen LogP contribution in [-0.2, 0) is 0 Å². The van der Waals surface area contributed by atoms with Crippen molar-refractivity contribution in [3.8, 4) is 11.1 Å². The smallest absolute Gasteiger partial charge is 0.0833 e. The van der Waals surface area contributed by atoms with Crippen molar-refractivity contribution in [2.75, 3.05) is 4.90 Å². The first-order valence-electron chi connectivity index (χ1n) is 9.58. The normalized spacial score (nSPS) is 11.0. The highest BCUT2D eigenvalue weighted by atomic mass is 35.5. The fourth-order valence-corrected chi connectivity index (χ4v) is 4.99. The molecule has 0 N–H and O–H groups in total. The number of hydrogen-bond donors (Lipinski definition) is 0. The molecule has 0 spiro atoms. The summed E-state index contributed by atoms with van der Waals surface area (Å²) in [4.78, 5) is 2.19. The summed E-state index contributed by atoms with van der Waals surface area (Å²) in [6.07, 6.45) is 0. The lowest BCUT2D eigenvalue weighted by Gasteiger charge is -2.27. The Balaban J connectivity index is 1.78. The number of rotatable bonds is 4. The molecule has 5 aromatic rings. The minimum absolute atomic E-state index is 0.536. The number of halogens is 2. The molecule has 0 amide bonds. The van der Waals surface area contributed by atoms with E-state index in [4.69, 9.17) is 23.2 Å². The number of anilines is 3. The van der Waals surface area contributed by atoms with Crippen molar-refractivity contribution in [1.29, 1.82) is 0 Å². The Hall–Kier alpha value is -2.78. The summed E-state index contributed by atoms with van der Waals surface area (Å²) in [6.45, 7) is 0. The summed E-state index contributed by atoms with van der Waals surface area (Å²) >= 11 is 15.1. The van der Waals surface area contributed by atoms with Crippen LogP contribution in [-0.4, -0.2) is 0 Å². The van der Waals surface area contributed by atoms with Crippen LogP contribution in [0.1, 0.15) is 0 Å². The Bertz CT molecular complexity index is 1310.